The largest absolute Gasteiger partial charge is 0.399 e. The van der Waals surface area contributed by atoms with Crippen molar-refractivity contribution in [3.63, 3.8) is 0 Å². The molecule has 192 valence electrons. The molecular weight excluding hydrogens is 470 g/mol. The Labute approximate surface area is 208 Å². The van der Waals surface area contributed by atoms with E-state index in [0.717, 1.165) is 23.3 Å². The highest BCUT2D eigenvalue weighted by Crippen LogP contribution is 2.30. The number of para-hydroxylation sites is 1. The van der Waals surface area contributed by atoms with Gasteiger partial charge in [-0.25, -0.2) is 8.78 Å². The average Bonchev–Trinajstić information content (AvgIpc) is 2.88. The summed E-state index contributed by atoms with van der Waals surface area (Å²) in [7, 11) is 0. The minimum atomic E-state index is -1.05. The van der Waals surface area contributed by atoms with Gasteiger partial charge < -0.3 is 26.0 Å². The number of amides is 3. The fraction of sp³-hybridized carbons (Fsp3) is 0.423. The number of halogens is 2. The van der Waals surface area contributed by atoms with Crippen molar-refractivity contribution in [1.29, 1.82) is 0 Å². The molecule has 0 aliphatic carbocycles. The van der Waals surface area contributed by atoms with Gasteiger partial charge in [0.15, 0.2) is 0 Å². The molecule has 2 heterocycles. The van der Waals surface area contributed by atoms with E-state index in [1.54, 1.807) is 25.1 Å². The normalized spacial score (nSPS) is 18.8. The maximum atomic E-state index is 14.3. The van der Waals surface area contributed by atoms with Crippen molar-refractivity contribution in [2.75, 3.05) is 24.3 Å². The van der Waals surface area contributed by atoms with Crippen LogP contribution in [0.5, 0.6) is 0 Å². The highest BCUT2D eigenvalue weighted by Gasteiger charge is 2.41. The molecule has 0 radical (unpaired) electrons. The van der Waals surface area contributed by atoms with Crippen molar-refractivity contribution in [2.24, 2.45) is 5.92 Å². The number of nitrogens with one attached hydrogen (secondary N) is 2. The van der Waals surface area contributed by atoms with Crippen LogP contribution in [-0.2, 0) is 32.1 Å². The average molecular weight is 501 g/mol. The molecule has 0 saturated carbocycles. The Morgan fingerprint density at radius 2 is 1.81 bits per heavy atom. The van der Waals surface area contributed by atoms with Crippen LogP contribution in [0.25, 0.3) is 0 Å². The molecule has 0 spiro atoms. The van der Waals surface area contributed by atoms with Crippen molar-refractivity contribution >= 4 is 29.1 Å². The lowest BCUT2D eigenvalue weighted by atomic mass is 9.87. The molecule has 4 N–H and O–H groups in total. The number of carbonyl (C=O) groups excluding carboxylic acids is 3. The molecule has 0 aromatic heterocycles. The predicted molar refractivity (Wildman–Crippen MR) is 130 cm³/mol. The smallest absolute Gasteiger partial charge is 0.247 e. The third-order valence-electron chi connectivity index (χ3n) is 6.80. The molecule has 4 rings (SSSR count). The van der Waals surface area contributed by atoms with Crippen LogP contribution in [0.2, 0.25) is 0 Å². The van der Waals surface area contributed by atoms with E-state index >= 15 is 0 Å². The van der Waals surface area contributed by atoms with Crippen molar-refractivity contribution in [3.05, 3.63) is 59.2 Å². The first-order chi connectivity index (χ1) is 17.3. The molecule has 3 amide bonds. The number of nitrogens with zero attached hydrogens (tertiary/aromatic N) is 1. The number of carbonyl (C=O) groups is 3. The lowest BCUT2D eigenvalue weighted by Crippen LogP contribution is -2.59. The molecule has 2 aromatic rings. The monoisotopic (exact) mass is 500 g/mol. The summed E-state index contributed by atoms with van der Waals surface area (Å²) in [6.07, 6.45) is 1.48. The molecular formula is C26H30F2N4O4. The number of nitrogen functional groups attached to an aromatic ring is 1. The molecule has 1 fully saturated rings. The van der Waals surface area contributed by atoms with E-state index in [-0.39, 0.29) is 31.2 Å². The lowest BCUT2D eigenvalue weighted by molar-refractivity contribution is -0.145. The highest BCUT2D eigenvalue weighted by atomic mass is 19.1. The number of hydrogen-bond acceptors (Lipinski definition) is 5. The Balaban J connectivity index is 1.68. The van der Waals surface area contributed by atoms with Crippen LogP contribution >= 0.6 is 0 Å². The maximum absolute atomic E-state index is 14.3. The molecule has 1 saturated heterocycles. The lowest BCUT2D eigenvalue weighted by Gasteiger charge is -2.40. The maximum Gasteiger partial charge on any atom is 0.247 e. The van der Waals surface area contributed by atoms with Gasteiger partial charge in [0.1, 0.15) is 29.4 Å². The number of hydrogen-bond donors (Lipinski definition) is 3. The summed E-state index contributed by atoms with van der Waals surface area (Å²) in [5, 5.41) is 5.16. The Kier molecular flexibility index (Phi) is 7.83. The summed E-state index contributed by atoms with van der Waals surface area (Å²) >= 11 is 0. The van der Waals surface area contributed by atoms with Crippen molar-refractivity contribution < 1.29 is 27.9 Å². The Morgan fingerprint density at radius 1 is 1.11 bits per heavy atom. The third kappa shape index (κ3) is 5.48. The third-order valence-corrected chi connectivity index (χ3v) is 6.80. The summed E-state index contributed by atoms with van der Waals surface area (Å²) in [5.41, 5.74) is 7.48. The van der Waals surface area contributed by atoms with E-state index in [4.69, 9.17) is 10.5 Å². The molecule has 36 heavy (non-hydrogen) atoms. The van der Waals surface area contributed by atoms with Gasteiger partial charge in [-0.1, -0.05) is 19.1 Å². The Hall–Kier alpha value is -3.53. The van der Waals surface area contributed by atoms with E-state index in [1.807, 2.05) is 0 Å². The molecule has 8 nitrogen and oxygen atoms in total. The van der Waals surface area contributed by atoms with Crippen LogP contribution in [0, 0.1) is 17.6 Å². The van der Waals surface area contributed by atoms with Crippen molar-refractivity contribution in [1.82, 2.24) is 10.2 Å². The van der Waals surface area contributed by atoms with E-state index in [0.29, 0.717) is 31.7 Å². The number of nitrogens with two attached hydrogens (primary N) is 1. The second kappa shape index (κ2) is 11.0. The second-order valence-electron chi connectivity index (χ2n) is 9.15. The van der Waals surface area contributed by atoms with Gasteiger partial charge in [-0.05, 0) is 54.2 Å². The quantitative estimate of drug-likeness (QED) is 0.528. The van der Waals surface area contributed by atoms with E-state index in [2.05, 4.69) is 10.6 Å². The molecule has 2 aliphatic rings. The zero-order chi connectivity index (χ0) is 25.8. The topological polar surface area (TPSA) is 114 Å². The van der Waals surface area contributed by atoms with Crippen LogP contribution in [0.15, 0.2) is 36.4 Å². The van der Waals surface area contributed by atoms with E-state index in [1.165, 1.54) is 11.0 Å². The van der Waals surface area contributed by atoms with Gasteiger partial charge in [0.05, 0.1) is 0 Å². The van der Waals surface area contributed by atoms with Gasteiger partial charge in [0.25, 0.3) is 0 Å². The first-order valence-electron chi connectivity index (χ1n) is 12.1. The first kappa shape index (κ1) is 25.6. The van der Waals surface area contributed by atoms with Gasteiger partial charge in [0.2, 0.25) is 17.7 Å². The molecule has 10 heteroatoms. The molecule has 2 atom stereocenters. The minimum absolute atomic E-state index is 0.0682. The summed E-state index contributed by atoms with van der Waals surface area (Å²) < 4.78 is 34.0. The fourth-order valence-corrected chi connectivity index (χ4v) is 4.78. The van der Waals surface area contributed by atoms with Crippen LogP contribution in [0.1, 0.15) is 37.3 Å². The zero-order valence-corrected chi connectivity index (χ0v) is 20.1. The number of fused-ring (bicyclic) bond motifs is 1. The number of rotatable bonds is 6. The first-order valence-corrected chi connectivity index (χ1v) is 12.1. The fourth-order valence-electron chi connectivity index (χ4n) is 4.78. The molecule has 0 bridgehead atoms. The van der Waals surface area contributed by atoms with Gasteiger partial charge in [-0.15, -0.1) is 0 Å². The summed E-state index contributed by atoms with van der Waals surface area (Å²) in [5.74, 6) is -3.43. The SMILES string of the molecule is CCC(=O)N[C@H](C(=O)N1Cc2cc(N)ccc2C[C@H]1C(=O)Nc1c(F)cccc1F)C1CCOCC1. The molecule has 0 unspecified atom stereocenters. The van der Waals surface area contributed by atoms with Crippen LogP contribution < -0.4 is 16.4 Å². The highest BCUT2D eigenvalue weighted by molar-refractivity contribution is 5.99. The van der Waals surface area contributed by atoms with E-state index < -0.39 is 41.2 Å². The molecule has 2 aliphatic heterocycles. The van der Waals surface area contributed by atoms with Crippen LogP contribution in [0.4, 0.5) is 20.2 Å². The van der Waals surface area contributed by atoms with Gasteiger partial charge in [0, 0.05) is 38.3 Å². The Morgan fingerprint density at radius 3 is 2.47 bits per heavy atom. The summed E-state index contributed by atoms with van der Waals surface area (Å²) in [4.78, 5) is 41.0. The van der Waals surface area contributed by atoms with Crippen molar-refractivity contribution in [3.8, 4) is 0 Å². The standard InChI is InChI=1S/C26H30F2N4O4/c1-2-22(33)30-23(15-8-10-36-11-9-15)26(35)32-14-17-12-18(29)7-6-16(17)13-21(32)25(34)31-24-19(27)4-3-5-20(24)28/h3-7,12,15,21,23H,2,8-11,13-14,29H2,1H3,(H,30,33)(H,31,34)/t21-,23-/m0/s1. The molecule has 2 aromatic carbocycles. The minimum Gasteiger partial charge on any atom is -0.399 e. The van der Waals surface area contributed by atoms with Crippen molar-refractivity contribution in [2.45, 2.75) is 51.2 Å². The summed E-state index contributed by atoms with van der Waals surface area (Å²) in [6, 6.07) is 6.61. The zero-order valence-electron chi connectivity index (χ0n) is 20.1. The number of benzene rings is 2. The second-order valence-corrected chi connectivity index (χ2v) is 9.15. The van der Waals surface area contributed by atoms with Crippen LogP contribution in [-0.4, -0.2) is 47.9 Å². The number of anilines is 2. The van der Waals surface area contributed by atoms with Gasteiger partial charge in [-0.2, -0.15) is 0 Å². The van der Waals surface area contributed by atoms with Crippen LogP contribution in [0.3, 0.4) is 0 Å². The van der Waals surface area contributed by atoms with Gasteiger partial charge in [-0.3, -0.25) is 14.4 Å². The summed E-state index contributed by atoms with van der Waals surface area (Å²) in [6.45, 7) is 2.69. The van der Waals surface area contributed by atoms with Gasteiger partial charge >= 0.3 is 0 Å². The van der Waals surface area contributed by atoms with E-state index in [9.17, 15) is 23.2 Å². The predicted octanol–water partition coefficient (Wildman–Crippen LogP) is 2.76. The number of ether oxygens (including phenoxy) is 1. The Bertz CT molecular complexity index is 1130.